The maximum Gasteiger partial charge on any atom is 0.0591 e. The van der Waals surface area contributed by atoms with E-state index in [0.29, 0.717) is 11.5 Å². The zero-order valence-electron chi connectivity index (χ0n) is 12.4. The van der Waals surface area contributed by atoms with E-state index < -0.39 is 0 Å². The Balaban J connectivity index is 2.03. The Morgan fingerprint density at radius 2 is 1.94 bits per heavy atom. The van der Waals surface area contributed by atoms with E-state index in [2.05, 4.69) is 39.9 Å². The molecular formula is C15H31NO. The fourth-order valence-electron chi connectivity index (χ4n) is 2.90. The van der Waals surface area contributed by atoms with Gasteiger partial charge in [-0.1, -0.05) is 34.6 Å². The van der Waals surface area contributed by atoms with Crippen molar-refractivity contribution < 1.29 is 4.74 Å². The molecule has 1 aliphatic rings. The van der Waals surface area contributed by atoms with Gasteiger partial charge in [-0.05, 0) is 36.5 Å². The predicted octanol–water partition coefficient (Wildman–Crippen LogP) is 3.46. The molecule has 0 saturated heterocycles. The van der Waals surface area contributed by atoms with Crippen LogP contribution in [0.5, 0.6) is 0 Å². The molecular weight excluding hydrogens is 210 g/mol. The molecule has 0 heterocycles. The third-order valence-corrected chi connectivity index (χ3v) is 3.83. The van der Waals surface area contributed by atoms with Crippen molar-refractivity contribution in [2.24, 2.45) is 17.3 Å². The highest BCUT2D eigenvalue weighted by Crippen LogP contribution is 2.40. The molecule has 0 radical (unpaired) electrons. The first-order valence-corrected chi connectivity index (χ1v) is 7.22. The van der Waals surface area contributed by atoms with Crippen molar-refractivity contribution in [2.75, 3.05) is 19.8 Å². The summed E-state index contributed by atoms with van der Waals surface area (Å²) in [4.78, 5) is 0. The number of hydrogen-bond acceptors (Lipinski definition) is 2. The molecule has 17 heavy (non-hydrogen) atoms. The number of rotatable bonds is 7. The normalized spacial score (nSPS) is 27.9. The van der Waals surface area contributed by atoms with E-state index in [1.807, 2.05) is 0 Å². The van der Waals surface area contributed by atoms with E-state index in [4.69, 9.17) is 4.74 Å². The molecule has 0 aromatic carbocycles. The second-order valence-corrected chi connectivity index (χ2v) is 6.91. The van der Waals surface area contributed by atoms with Gasteiger partial charge in [-0.3, -0.25) is 0 Å². The van der Waals surface area contributed by atoms with Crippen LogP contribution in [0, 0.1) is 17.3 Å². The van der Waals surface area contributed by atoms with Gasteiger partial charge in [0.1, 0.15) is 0 Å². The predicted molar refractivity (Wildman–Crippen MR) is 74.2 cm³/mol. The van der Waals surface area contributed by atoms with Crippen molar-refractivity contribution in [3.63, 3.8) is 0 Å². The van der Waals surface area contributed by atoms with Crippen LogP contribution in [0.25, 0.3) is 0 Å². The molecule has 2 atom stereocenters. The Bertz CT molecular complexity index is 213. The zero-order valence-corrected chi connectivity index (χ0v) is 12.4. The first-order chi connectivity index (χ1) is 7.91. The van der Waals surface area contributed by atoms with Crippen LogP contribution in [-0.2, 0) is 4.74 Å². The van der Waals surface area contributed by atoms with E-state index >= 15 is 0 Å². The SMILES string of the molecule is CC(C)CCOCCNC1CC(C)(C)CC1C. The minimum Gasteiger partial charge on any atom is -0.380 e. The van der Waals surface area contributed by atoms with Crippen molar-refractivity contribution in [3.05, 3.63) is 0 Å². The lowest BCUT2D eigenvalue weighted by molar-refractivity contribution is 0.122. The summed E-state index contributed by atoms with van der Waals surface area (Å²) >= 11 is 0. The van der Waals surface area contributed by atoms with Gasteiger partial charge in [-0.2, -0.15) is 0 Å². The van der Waals surface area contributed by atoms with Crippen molar-refractivity contribution >= 4 is 0 Å². The standard InChI is InChI=1S/C15H31NO/c1-12(2)6-8-17-9-7-16-14-11-15(4,5)10-13(14)3/h12-14,16H,6-11H2,1-5H3. The van der Waals surface area contributed by atoms with Gasteiger partial charge in [0.15, 0.2) is 0 Å². The summed E-state index contributed by atoms with van der Waals surface area (Å²) in [5, 5.41) is 3.65. The average molecular weight is 241 g/mol. The molecule has 1 N–H and O–H groups in total. The van der Waals surface area contributed by atoms with Gasteiger partial charge in [-0.15, -0.1) is 0 Å². The molecule has 0 amide bonds. The highest BCUT2D eigenvalue weighted by molar-refractivity contribution is 4.90. The van der Waals surface area contributed by atoms with Crippen LogP contribution in [0.2, 0.25) is 0 Å². The van der Waals surface area contributed by atoms with Crippen molar-refractivity contribution in [1.82, 2.24) is 5.32 Å². The summed E-state index contributed by atoms with van der Waals surface area (Å²) in [6.07, 6.45) is 3.83. The molecule has 0 aromatic heterocycles. The Kier molecular flexibility index (Phi) is 5.94. The van der Waals surface area contributed by atoms with E-state index in [0.717, 1.165) is 31.6 Å². The molecule has 0 bridgehead atoms. The van der Waals surface area contributed by atoms with Crippen LogP contribution in [0.3, 0.4) is 0 Å². The second-order valence-electron chi connectivity index (χ2n) is 6.91. The monoisotopic (exact) mass is 241 g/mol. The van der Waals surface area contributed by atoms with Crippen LogP contribution in [-0.4, -0.2) is 25.8 Å². The minimum absolute atomic E-state index is 0.523. The van der Waals surface area contributed by atoms with Gasteiger partial charge in [0.2, 0.25) is 0 Å². The summed E-state index contributed by atoms with van der Waals surface area (Å²) < 4.78 is 5.63. The minimum atomic E-state index is 0.523. The van der Waals surface area contributed by atoms with Gasteiger partial charge in [0, 0.05) is 19.2 Å². The fraction of sp³-hybridized carbons (Fsp3) is 1.00. The third kappa shape index (κ3) is 5.87. The second kappa shape index (κ2) is 6.75. The third-order valence-electron chi connectivity index (χ3n) is 3.83. The molecule has 2 nitrogen and oxygen atoms in total. The zero-order chi connectivity index (χ0) is 12.9. The Labute approximate surface area is 108 Å². The molecule has 0 aromatic rings. The summed E-state index contributed by atoms with van der Waals surface area (Å²) in [5.41, 5.74) is 0.523. The topological polar surface area (TPSA) is 21.3 Å². The van der Waals surface area contributed by atoms with Crippen molar-refractivity contribution in [2.45, 2.75) is 59.9 Å². The van der Waals surface area contributed by atoms with Gasteiger partial charge in [-0.25, -0.2) is 0 Å². The maximum absolute atomic E-state index is 5.63. The molecule has 1 aliphatic carbocycles. The number of nitrogens with one attached hydrogen (secondary N) is 1. The Hall–Kier alpha value is -0.0800. The van der Waals surface area contributed by atoms with Gasteiger partial charge >= 0.3 is 0 Å². The summed E-state index contributed by atoms with van der Waals surface area (Å²) in [7, 11) is 0. The highest BCUT2D eigenvalue weighted by atomic mass is 16.5. The van der Waals surface area contributed by atoms with Gasteiger partial charge in [0.05, 0.1) is 6.61 Å². The van der Waals surface area contributed by atoms with E-state index in [1.165, 1.54) is 19.3 Å². The lowest BCUT2D eigenvalue weighted by Crippen LogP contribution is -2.34. The molecule has 2 unspecified atom stereocenters. The molecule has 1 rings (SSSR count). The smallest absolute Gasteiger partial charge is 0.0591 e. The summed E-state index contributed by atoms with van der Waals surface area (Å²) in [6.45, 7) is 14.4. The first-order valence-electron chi connectivity index (χ1n) is 7.22. The molecule has 0 spiro atoms. The van der Waals surface area contributed by atoms with Crippen LogP contribution >= 0.6 is 0 Å². The van der Waals surface area contributed by atoms with Gasteiger partial charge < -0.3 is 10.1 Å². The van der Waals surface area contributed by atoms with E-state index in [1.54, 1.807) is 0 Å². The van der Waals surface area contributed by atoms with E-state index in [9.17, 15) is 0 Å². The largest absolute Gasteiger partial charge is 0.380 e. The first kappa shape index (κ1) is 15.0. The molecule has 0 aliphatic heterocycles. The number of hydrogen-bond donors (Lipinski definition) is 1. The van der Waals surface area contributed by atoms with Crippen LogP contribution in [0.1, 0.15) is 53.9 Å². The molecule has 102 valence electrons. The highest BCUT2D eigenvalue weighted by Gasteiger charge is 2.35. The fourth-order valence-corrected chi connectivity index (χ4v) is 2.90. The van der Waals surface area contributed by atoms with Crippen molar-refractivity contribution in [3.8, 4) is 0 Å². The summed E-state index contributed by atoms with van der Waals surface area (Å²) in [6, 6.07) is 0.693. The lowest BCUT2D eigenvalue weighted by Gasteiger charge is -2.18. The average Bonchev–Trinajstić information content (AvgIpc) is 2.45. The van der Waals surface area contributed by atoms with Gasteiger partial charge in [0.25, 0.3) is 0 Å². The van der Waals surface area contributed by atoms with Crippen molar-refractivity contribution in [1.29, 1.82) is 0 Å². The quantitative estimate of drug-likeness (QED) is 0.689. The Morgan fingerprint density at radius 3 is 2.47 bits per heavy atom. The van der Waals surface area contributed by atoms with E-state index in [-0.39, 0.29) is 0 Å². The van der Waals surface area contributed by atoms with Crippen LogP contribution < -0.4 is 5.32 Å². The number of ether oxygens (including phenoxy) is 1. The Morgan fingerprint density at radius 1 is 1.24 bits per heavy atom. The van der Waals surface area contributed by atoms with Crippen LogP contribution in [0.15, 0.2) is 0 Å². The summed E-state index contributed by atoms with van der Waals surface area (Å²) in [5.74, 6) is 1.55. The lowest BCUT2D eigenvalue weighted by atomic mass is 9.91. The molecule has 2 heteroatoms. The molecule has 1 saturated carbocycles. The van der Waals surface area contributed by atoms with Crippen LogP contribution in [0.4, 0.5) is 0 Å². The maximum atomic E-state index is 5.63. The molecule has 1 fully saturated rings.